The molecule has 0 spiro atoms. The van der Waals surface area contributed by atoms with E-state index in [1.54, 1.807) is 18.7 Å². The van der Waals surface area contributed by atoms with Crippen LogP contribution in [0.3, 0.4) is 0 Å². The molecule has 53 valence electrons. The third-order valence-corrected chi connectivity index (χ3v) is 1.28. The Hall–Kier alpha value is -1.03. The molecule has 4 heteroatoms. The van der Waals surface area contributed by atoms with Crippen LogP contribution in [-0.2, 0) is 9.47 Å². The van der Waals surface area contributed by atoms with E-state index in [0.717, 1.165) is 0 Å². The van der Waals surface area contributed by atoms with E-state index in [2.05, 4.69) is 10.3 Å². The van der Waals surface area contributed by atoms with Crippen LogP contribution in [-0.4, -0.2) is 19.0 Å². The topological polar surface area (TPSA) is 42.9 Å². The van der Waals surface area contributed by atoms with Gasteiger partial charge in [-0.3, -0.25) is 4.99 Å². The van der Waals surface area contributed by atoms with Gasteiger partial charge < -0.3 is 14.8 Å². The lowest BCUT2D eigenvalue weighted by molar-refractivity contribution is 0.0525. The van der Waals surface area contributed by atoms with E-state index < -0.39 is 0 Å². The molecule has 2 aliphatic rings. The molecule has 0 aliphatic carbocycles. The Bertz CT molecular complexity index is 171. The zero-order chi connectivity index (χ0) is 6.81. The average Bonchev–Trinajstić information content (AvgIpc) is 2.59. The second kappa shape index (κ2) is 2.30. The number of nitrogens with one attached hydrogen (secondary N) is 1. The highest BCUT2D eigenvalue weighted by Gasteiger charge is 2.27. The van der Waals surface area contributed by atoms with Gasteiger partial charge in [0.25, 0.3) is 6.23 Å². The first-order valence-corrected chi connectivity index (χ1v) is 3.05. The van der Waals surface area contributed by atoms with Gasteiger partial charge >= 0.3 is 0 Å². The Morgan fingerprint density at radius 3 is 3.30 bits per heavy atom. The molecule has 1 N–H and O–H groups in total. The number of nitrogens with zero attached hydrogens (tertiary/aromatic N) is 1. The van der Waals surface area contributed by atoms with E-state index in [1.165, 1.54) is 0 Å². The van der Waals surface area contributed by atoms with Gasteiger partial charge in [0.05, 0.1) is 6.61 Å². The Morgan fingerprint density at radius 1 is 1.70 bits per heavy atom. The van der Waals surface area contributed by atoms with E-state index in [9.17, 15) is 0 Å². The molecule has 0 bridgehead atoms. The van der Waals surface area contributed by atoms with Gasteiger partial charge in [-0.2, -0.15) is 0 Å². The molecule has 0 amide bonds. The Morgan fingerprint density at radius 2 is 2.70 bits per heavy atom. The maximum absolute atomic E-state index is 5.15. The summed E-state index contributed by atoms with van der Waals surface area (Å²) in [6.45, 7) is 0.569. The van der Waals surface area contributed by atoms with Crippen molar-refractivity contribution < 1.29 is 9.47 Å². The lowest BCUT2D eigenvalue weighted by Gasteiger charge is -2.12. The van der Waals surface area contributed by atoms with Crippen molar-refractivity contribution in [3.05, 3.63) is 18.7 Å². The summed E-state index contributed by atoms with van der Waals surface area (Å²) in [5, 5.41) is 2.87. The highest BCUT2D eigenvalue weighted by atomic mass is 16.6. The molecular weight excluding hydrogens is 132 g/mol. The maximum atomic E-state index is 5.15. The minimum absolute atomic E-state index is 0.255. The van der Waals surface area contributed by atoms with E-state index in [4.69, 9.17) is 9.47 Å². The molecule has 0 fully saturated rings. The van der Waals surface area contributed by atoms with Crippen molar-refractivity contribution in [2.75, 3.05) is 6.61 Å². The molecular formula is C6H7N2O2. The summed E-state index contributed by atoms with van der Waals surface area (Å²) in [6.07, 6.45) is 5.38. The molecule has 2 rings (SSSR count). The number of ether oxygens (including phenoxy) is 2. The summed E-state index contributed by atoms with van der Waals surface area (Å²) >= 11 is 0. The Kier molecular flexibility index (Phi) is 1.32. The highest BCUT2D eigenvalue weighted by molar-refractivity contribution is 5.60. The SMILES string of the molecule is C1=CO[C](C2N=CCO2)N1. The number of rotatable bonds is 1. The van der Waals surface area contributed by atoms with E-state index in [1.807, 2.05) is 0 Å². The quantitative estimate of drug-likeness (QED) is 0.555. The van der Waals surface area contributed by atoms with Gasteiger partial charge in [-0.15, -0.1) is 0 Å². The summed E-state index contributed by atoms with van der Waals surface area (Å²) in [5.41, 5.74) is 0. The van der Waals surface area contributed by atoms with Crippen LogP contribution >= 0.6 is 0 Å². The highest BCUT2D eigenvalue weighted by Crippen LogP contribution is 2.16. The van der Waals surface area contributed by atoms with Gasteiger partial charge in [0.15, 0.2) is 0 Å². The van der Waals surface area contributed by atoms with Crippen LogP contribution in [0.1, 0.15) is 0 Å². The van der Waals surface area contributed by atoms with Crippen LogP contribution in [0.5, 0.6) is 0 Å². The van der Waals surface area contributed by atoms with Crippen LogP contribution in [0, 0.1) is 6.23 Å². The fourth-order valence-corrected chi connectivity index (χ4v) is 0.846. The molecule has 1 atom stereocenters. The van der Waals surface area contributed by atoms with Gasteiger partial charge in [0.2, 0.25) is 6.23 Å². The summed E-state index contributed by atoms with van der Waals surface area (Å²) in [7, 11) is 0. The zero-order valence-corrected chi connectivity index (χ0v) is 5.28. The van der Waals surface area contributed by atoms with Crippen molar-refractivity contribution in [3.63, 3.8) is 0 Å². The van der Waals surface area contributed by atoms with Crippen LogP contribution in [0.2, 0.25) is 0 Å². The van der Waals surface area contributed by atoms with E-state index in [-0.39, 0.29) is 6.23 Å². The largest absolute Gasteiger partial charge is 0.463 e. The molecule has 0 saturated carbocycles. The second-order valence-corrected chi connectivity index (χ2v) is 1.95. The third-order valence-electron chi connectivity index (χ3n) is 1.28. The fraction of sp³-hybridized carbons (Fsp3) is 0.333. The van der Waals surface area contributed by atoms with Crippen LogP contribution < -0.4 is 5.32 Å². The predicted octanol–water partition coefficient (Wildman–Crippen LogP) is -0.00601. The third kappa shape index (κ3) is 0.863. The van der Waals surface area contributed by atoms with Crippen molar-refractivity contribution in [2.24, 2.45) is 4.99 Å². The van der Waals surface area contributed by atoms with Crippen molar-refractivity contribution in [1.29, 1.82) is 0 Å². The summed E-state index contributed by atoms with van der Waals surface area (Å²) in [6, 6.07) is 0. The van der Waals surface area contributed by atoms with Crippen molar-refractivity contribution in [3.8, 4) is 0 Å². The standard InChI is InChI=1S/C6H7N2O2/c1-3-9-5(7-1)6-8-2-4-10-6/h1-3,6-7H,4H2. The van der Waals surface area contributed by atoms with Gasteiger partial charge in [-0.1, -0.05) is 0 Å². The van der Waals surface area contributed by atoms with Crippen LogP contribution in [0.15, 0.2) is 17.5 Å². The molecule has 2 heterocycles. The molecule has 1 unspecified atom stereocenters. The lowest BCUT2D eigenvalue weighted by Crippen LogP contribution is -2.25. The minimum atomic E-state index is -0.255. The zero-order valence-electron chi connectivity index (χ0n) is 5.28. The summed E-state index contributed by atoms with van der Waals surface area (Å²) in [5.74, 6) is 0. The maximum Gasteiger partial charge on any atom is 0.290 e. The molecule has 10 heavy (non-hydrogen) atoms. The predicted molar refractivity (Wildman–Crippen MR) is 34.8 cm³/mol. The second-order valence-electron chi connectivity index (χ2n) is 1.95. The van der Waals surface area contributed by atoms with Gasteiger partial charge in [0, 0.05) is 12.4 Å². The average molecular weight is 139 g/mol. The fourth-order valence-electron chi connectivity index (χ4n) is 0.846. The lowest BCUT2D eigenvalue weighted by atomic mass is 10.5. The van der Waals surface area contributed by atoms with Crippen molar-refractivity contribution >= 4 is 6.21 Å². The van der Waals surface area contributed by atoms with Gasteiger partial charge in [0.1, 0.15) is 6.26 Å². The van der Waals surface area contributed by atoms with Crippen molar-refractivity contribution in [1.82, 2.24) is 5.32 Å². The molecule has 0 aromatic carbocycles. The smallest absolute Gasteiger partial charge is 0.290 e. The number of aliphatic imine (C=N–C) groups is 1. The Labute approximate surface area is 58.5 Å². The molecule has 0 saturated heterocycles. The minimum Gasteiger partial charge on any atom is -0.463 e. The first-order chi connectivity index (χ1) is 4.97. The Balaban J connectivity index is 1.93. The normalized spacial score (nSPS) is 30.6. The molecule has 2 aliphatic heterocycles. The monoisotopic (exact) mass is 139 g/mol. The molecule has 4 nitrogen and oxygen atoms in total. The van der Waals surface area contributed by atoms with Crippen molar-refractivity contribution in [2.45, 2.75) is 6.23 Å². The summed E-state index contributed by atoms with van der Waals surface area (Å²) in [4.78, 5) is 4.01. The first kappa shape index (κ1) is 5.73. The molecule has 0 aromatic heterocycles. The van der Waals surface area contributed by atoms with E-state index >= 15 is 0 Å². The first-order valence-electron chi connectivity index (χ1n) is 3.05. The van der Waals surface area contributed by atoms with Gasteiger partial charge in [-0.05, 0) is 0 Å². The number of hydrogen-bond acceptors (Lipinski definition) is 4. The number of hydrogen-bond donors (Lipinski definition) is 1. The summed E-state index contributed by atoms with van der Waals surface area (Å²) < 4.78 is 10.2. The molecule has 1 radical (unpaired) electrons. The molecule has 0 aromatic rings. The van der Waals surface area contributed by atoms with Gasteiger partial charge in [-0.25, -0.2) is 0 Å². The van der Waals surface area contributed by atoms with E-state index in [0.29, 0.717) is 12.8 Å². The van der Waals surface area contributed by atoms with Crippen LogP contribution in [0.4, 0.5) is 0 Å². The van der Waals surface area contributed by atoms with Crippen LogP contribution in [0.25, 0.3) is 0 Å².